The number of benzene rings is 2. The summed E-state index contributed by atoms with van der Waals surface area (Å²) >= 11 is 0. The van der Waals surface area contributed by atoms with Gasteiger partial charge in [0.25, 0.3) is 0 Å². The minimum absolute atomic E-state index is 0.318. The second kappa shape index (κ2) is 5.52. The predicted molar refractivity (Wildman–Crippen MR) is 71.9 cm³/mol. The topological polar surface area (TPSA) is 49.3 Å². The summed E-state index contributed by atoms with van der Waals surface area (Å²) < 4.78 is 13.5. The van der Waals surface area contributed by atoms with Gasteiger partial charge in [0.1, 0.15) is 5.82 Å². The van der Waals surface area contributed by atoms with Crippen molar-refractivity contribution in [1.82, 2.24) is 0 Å². The van der Waals surface area contributed by atoms with Gasteiger partial charge in [0.05, 0.1) is 5.56 Å². The first-order valence-corrected chi connectivity index (χ1v) is 5.89. The van der Waals surface area contributed by atoms with Gasteiger partial charge >= 0.3 is 5.97 Å². The molecule has 4 heteroatoms. The molecule has 0 amide bonds. The van der Waals surface area contributed by atoms with Crippen molar-refractivity contribution < 1.29 is 14.3 Å². The predicted octanol–water partition coefficient (Wildman–Crippen LogP) is 3.44. The first kappa shape index (κ1) is 13.1. The highest BCUT2D eigenvalue weighted by Crippen LogP contribution is 2.16. The molecule has 98 valence electrons. The van der Waals surface area contributed by atoms with Crippen molar-refractivity contribution in [1.29, 1.82) is 0 Å². The van der Waals surface area contributed by atoms with Crippen LogP contribution in [0.1, 0.15) is 21.5 Å². The fourth-order valence-electron chi connectivity index (χ4n) is 1.80. The Balaban J connectivity index is 2.11. The van der Waals surface area contributed by atoms with Gasteiger partial charge in [0, 0.05) is 12.2 Å². The summed E-state index contributed by atoms with van der Waals surface area (Å²) in [6.45, 7) is 2.57. The molecule has 0 saturated carbocycles. The van der Waals surface area contributed by atoms with Gasteiger partial charge in [0.15, 0.2) is 0 Å². The Bertz CT molecular complexity index is 611. The van der Waals surface area contributed by atoms with Crippen LogP contribution in [0.3, 0.4) is 0 Å². The summed E-state index contributed by atoms with van der Waals surface area (Å²) in [6, 6.07) is 11.9. The number of carboxylic acids is 1. The van der Waals surface area contributed by atoms with Gasteiger partial charge < -0.3 is 10.4 Å². The van der Waals surface area contributed by atoms with Crippen molar-refractivity contribution in [2.45, 2.75) is 13.5 Å². The summed E-state index contributed by atoms with van der Waals surface area (Å²) in [4.78, 5) is 10.7. The van der Waals surface area contributed by atoms with Gasteiger partial charge in [-0.25, -0.2) is 9.18 Å². The van der Waals surface area contributed by atoms with Gasteiger partial charge in [-0.1, -0.05) is 24.3 Å². The van der Waals surface area contributed by atoms with Crippen molar-refractivity contribution in [2.75, 3.05) is 5.32 Å². The lowest BCUT2D eigenvalue weighted by atomic mass is 10.1. The zero-order valence-electron chi connectivity index (χ0n) is 10.5. The number of anilines is 1. The lowest BCUT2D eigenvalue weighted by Gasteiger charge is -2.09. The summed E-state index contributed by atoms with van der Waals surface area (Å²) in [7, 11) is 0. The van der Waals surface area contributed by atoms with Crippen LogP contribution < -0.4 is 5.32 Å². The van der Waals surface area contributed by atoms with E-state index in [0.29, 0.717) is 12.2 Å². The Morgan fingerprint density at radius 2 is 2.00 bits per heavy atom. The van der Waals surface area contributed by atoms with Crippen LogP contribution >= 0.6 is 0 Å². The number of hydrogen-bond acceptors (Lipinski definition) is 2. The molecule has 0 saturated heterocycles. The summed E-state index contributed by atoms with van der Waals surface area (Å²) in [6.07, 6.45) is 0. The van der Waals surface area contributed by atoms with Crippen LogP contribution in [0, 0.1) is 12.7 Å². The minimum Gasteiger partial charge on any atom is -0.478 e. The van der Waals surface area contributed by atoms with Crippen molar-refractivity contribution in [3.05, 3.63) is 65.0 Å². The Morgan fingerprint density at radius 1 is 1.26 bits per heavy atom. The van der Waals surface area contributed by atoms with E-state index >= 15 is 0 Å². The molecular formula is C15H14FNO2. The van der Waals surface area contributed by atoms with Gasteiger partial charge in [-0.05, 0) is 36.2 Å². The van der Waals surface area contributed by atoms with Gasteiger partial charge in [-0.15, -0.1) is 0 Å². The van der Waals surface area contributed by atoms with Crippen LogP contribution in [0.5, 0.6) is 0 Å². The summed E-state index contributed by atoms with van der Waals surface area (Å²) in [5.74, 6) is -2.00. The monoisotopic (exact) mass is 259 g/mol. The van der Waals surface area contributed by atoms with Crippen molar-refractivity contribution >= 4 is 11.7 Å². The van der Waals surface area contributed by atoms with Crippen molar-refractivity contribution in [3.8, 4) is 0 Å². The zero-order chi connectivity index (χ0) is 13.8. The number of halogens is 1. The number of rotatable bonds is 4. The third-order valence-electron chi connectivity index (χ3n) is 2.94. The first-order valence-electron chi connectivity index (χ1n) is 5.89. The molecule has 0 unspecified atom stereocenters. The van der Waals surface area contributed by atoms with Crippen LogP contribution in [0.2, 0.25) is 0 Å². The molecular weight excluding hydrogens is 245 g/mol. The van der Waals surface area contributed by atoms with E-state index < -0.39 is 11.8 Å². The van der Waals surface area contributed by atoms with E-state index in [1.165, 1.54) is 12.1 Å². The highest BCUT2D eigenvalue weighted by atomic mass is 19.1. The van der Waals surface area contributed by atoms with Crippen molar-refractivity contribution in [2.24, 2.45) is 0 Å². The van der Waals surface area contributed by atoms with Gasteiger partial charge in [0.2, 0.25) is 0 Å². The second-order valence-electron chi connectivity index (χ2n) is 4.28. The van der Waals surface area contributed by atoms with Crippen LogP contribution in [0.25, 0.3) is 0 Å². The third-order valence-corrected chi connectivity index (χ3v) is 2.94. The Morgan fingerprint density at radius 3 is 2.63 bits per heavy atom. The van der Waals surface area contributed by atoms with Gasteiger partial charge in [-0.3, -0.25) is 0 Å². The lowest BCUT2D eigenvalue weighted by molar-refractivity contribution is 0.0692. The summed E-state index contributed by atoms with van der Waals surface area (Å²) in [5, 5.41) is 11.8. The maximum absolute atomic E-state index is 13.5. The molecule has 2 aromatic rings. The quantitative estimate of drug-likeness (QED) is 0.884. The molecule has 2 N–H and O–H groups in total. The molecule has 0 atom stereocenters. The van der Waals surface area contributed by atoms with E-state index in [1.807, 2.05) is 31.2 Å². The van der Waals surface area contributed by atoms with Gasteiger partial charge in [-0.2, -0.15) is 0 Å². The van der Waals surface area contributed by atoms with Crippen LogP contribution in [0.4, 0.5) is 10.1 Å². The molecule has 2 aromatic carbocycles. The maximum Gasteiger partial charge on any atom is 0.338 e. The molecule has 0 bridgehead atoms. The van der Waals surface area contributed by atoms with Crippen LogP contribution in [0.15, 0.2) is 42.5 Å². The number of hydrogen-bond donors (Lipinski definition) is 2. The first-order chi connectivity index (χ1) is 9.08. The lowest BCUT2D eigenvalue weighted by Crippen LogP contribution is -2.04. The Hall–Kier alpha value is -2.36. The molecule has 0 radical (unpaired) electrons. The fourth-order valence-corrected chi connectivity index (χ4v) is 1.80. The fraction of sp³-hybridized carbons (Fsp3) is 0.133. The summed E-state index contributed by atoms with van der Waals surface area (Å²) in [5.41, 5.74) is 2.51. The average molecular weight is 259 g/mol. The Labute approximate surface area is 110 Å². The van der Waals surface area contributed by atoms with E-state index in [0.717, 1.165) is 11.1 Å². The number of aromatic carboxylic acids is 1. The molecule has 0 fully saturated rings. The molecule has 0 aromatic heterocycles. The molecule has 0 spiro atoms. The highest BCUT2D eigenvalue weighted by Gasteiger charge is 2.10. The second-order valence-corrected chi connectivity index (χ2v) is 4.28. The number of nitrogens with one attached hydrogen (secondary N) is 1. The normalized spacial score (nSPS) is 10.2. The smallest absolute Gasteiger partial charge is 0.338 e. The van der Waals surface area contributed by atoms with Crippen LogP contribution in [-0.4, -0.2) is 11.1 Å². The number of carboxylic acid groups (broad SMARTS) is 1. The zero-order valence-corrected chi connectivity index (χ0v) is 10.5. The average Bonchev–Trinajstić information content (AvgIpc) is 2.37. The molecule has 19 heavy (non-hydrogen) atoms. The van der Waals surface area contributed by atoms with Crippen LogP contribution in [-0.2, 0) is 6.54 Å². The van der Waals surface area contributed by atoms with E-state index in [-0.39, 0.29) is 5.56 Å². The number of aryl methyl sites for hydroxylation is 1. The van der Waals surface area contributed by atoms with E-state index in [4.69, 9.17) is 5.11 Å². The van der Waals surface area contributed by atoms with E-state index in [1.54, 1.807) is 6.07 Å². The molecule has 0 heterocycles. The largest absolute Gasteiger partial charge is 0.478 e. The van der Waals surface area contributed by atoms with Crippen molar-refractivity contribution in [3.63, 3.8) is 0 Å². The molecule has 2 rings (SSSR count). The highest BCUT2D eigenvalue weighted by molar-refractivity contribution is 5.88. The Kier molecular flexibility index (Phi) is 3.80. The molecule has 0 aliphatic heterocycles. The maximum atomic E-state index is 13.5. The van der Waals surface area contributed by atoms with E-state index in [2.05, 4.69) is 5.32 Å². The molecule has 3 nitrogen and oxygen atoms in total. The SMILES string of the molecule is Cc1ccccc1CNc1ccc(C(=O)O)c(F)c1. The molecule has 0 aliphatic carbocycles. The third kappa shape index (κ3) is 3.10. The van der Waals surface area contributed by atoms with E-state index in [9.17, 15) is 9.18 Å². The standard InChI is InChI=1S/C15H14FNO2/c1-10-4-2-3-5-11(10)9-17-12-6-7-13(15(18)19)14(16)8-12/h2-8,17H,9H2,1H3,(H,18,19). The number of carbonyl (C=O) groups is 1. The molecule has 0 aliphatic rings. The minimum atomic E-state index is -1.26.